The second-order valence-electron chi connectivity index (χ2n) is 6.08. The lowest BCUT2D eigenvalue weighted by Gasteiger charge is -2.11. The number of aromatic nitrogens is 4. The fraction of sp³-hybridized carbons (Fsp3) is 0.176. The molecular weight excluding hydrogens is 425 g/mol. The molecule has 9 nitrogen and oxygen atoms in total. The van der Waals surface area contributed by atoms with Crippen molar-refractivity contribution in [1.82, 2.24) is 19.7 Å². The van der Waals surface area contributed by atoms with Gasteiger partial charge in [-0.25, -0.2) is 23.1 Å². The minimum absolute atomic E-state index is 0.107. The topological polar surface area (TPSA) is 119 Å². The van der Waals surface area contributed by atoms with Crippen LogP contribution < -0.4 is 10.0 Å². The molecule has 0 unspecified atom stereocenters. The van der Waals surface area contributed by atoms with Gasteiger partial charge in [-0.1, -0.05) is 0 Å². The zero-order valence-electron chi connectivity index (χ0n) is 15.4. The van der Waals surface area contributed by atoms with E-state index in [4.69, 9.17) is 0 Å². The van der Waals surface area contributed by atoms with Crippen molar-refractivity contribution in [3.05, 3.63) is 60.2 Å². The van der Waals surface area contributed by atoms with Crippen LogP contribution in [0, 0.1) is 6.92 Å². The number of benzene rings is 1. The zero-order chi connectivity index (χ0) is 21.9. The molecule has 0 aliphatic heterocycles. The molecule has 2 aromatic heterocycles. The van der Waals surface area contributed by atoms with E-state index in [1.807, 2.05) is 0 Å². The van der Waals surface area contributed by atoms with Crippen LogP contribution in [0.3, 0.4) is 0 Å². The Morgan fingerprint density at radius 2 is 1.77 bits per heavy atom. The number of aryl methyl sites for hydroxylation is 1. The Morgan fingerprint density at radius 1 is 1.13 bits per heavy atom. The third-order valence-electron chi connectivity index (χ3n) is 3.73. The molecule has 30 heavy (non-hydrogen) atoms. The SMILES string of the molecule is Cc1cc(C(F)(F)F)n(CC(=O)Nc2ccc(S(=O)(=O)Nc3ncccn3)cc2)n1. The molecule has 0 aliphatic carbocycles. The molecule has 0 spiro atoms. The van der Waals surface area contributed by atoms with E-state index >= 15 is 0 Å². The van der Waals surface area contributed by atoms with Crippen LogP contribution in [0.2, 0.25) is 0 Å². The van der Waals surface area contributed by atoms with E-state index < -0.39 is 34.3 Å². The standard InChI is InChI=1S/C17H15F3N6O3S/c1-11-9-14(17(18,19)20)26(24-11)10-15(27)23-12-3-5-13(6-4-12)30(28,29)25-16-21-7-2-8-22-16/h2-9H,10H2,1H3,(H,23,27)(H,21,22,25). The minimum Gasteiger partial charge on any atom is -0.324 e. The van der Waals surface area contributed by atoms with Gasteiger partial charge in [-0.2, -0.15) is 18.3 Å². The van der Waals surface area contributed by atoms with Gasteiger partial charge in [0.05, 0.1) is 10.6 Å². The lowest BCUT2D eigenvalue weighted by atomic mass is 10.3. The first-order valence-electron chi connectivity index (χ1n) is 8.36. The van der Waals surface area contributed by atoms with Crippen molar-refractivity contribution in [2.75, 3.05) is 10.0 Å². The molecule has 3 rings (SSSR count). The van der Waals surface area contributed by atoms with Crippen LogP contribution in [0.15, 0.2) is 53.7 Å². The van der Waals surface area contributed by atoms with E-state index in [1.54, 1.807) is 0 Å². The van der Waals surface area contributed by atoms with Gasteiger partial charge in [0.15, 0.2) is 0 Å². The summed E-state index contributed by atoms with van der Waals surface area (Å²) in [6.07, 6.45) is -1.91. The summed E-state index contributed by atoms with van der Waals surface area (Å²) >= 11 is 0. The van der Waals surface area contributed by atoms with E-state index in [-0.39, 0.29) is 22.2 Å². The Labute approximate surface area is 169 Å². The maximum atomic E-state index is 13.0. The first kappa shape index (κ1) is 21.2. The molecule has 2 heterocycles. The predicted molar refractivity (Wildman–Crippen MR) is 99.9 cm³/mol. The third kappa shape index (κ3) is 5.11. The number of carbonyl (C=O) groups excluding carboxylic acids is 1. The van der Waals surface area contributed by atoms with Crippen molar-refractivity contribution >= 4 is 27.6 Å². The lowest BCUT2D eigenvalue weighted by molar-refractivity contribution is -0.144. The van der Waals surface area contributed by atoms with Gasteiger partial charge in [-0.15, -0.1) is 0 Å². The number of hydrogen-bond acceptors (Lipinski definition) is 6. The Balaban J connectivity index is 1.68. The van der Waals surface area contributed by atoms with E-state index in [1.165, 1.54) is 49.6 Å². The van der Waals surface area contributed by atoms with Crippen molar-refractivity contribution in [2.45, 2.75) is 24.5 Å². The van der Waals surface area contributed by atoms with Gasteiger partial charge in [-0.05, 0) is 43.3 Å². The minimum atomic E-state index is -4.65. The number of alkyl halides is 3. The molecule has 13 heteroatoms. The summed E-state index contributed by atoms with van der Waals surface area (Å²) in [5, 5.41) is 6.08. The second-order valence-corrected chi connectivity index (χ2v) is 7.76. The Hall–Kier alpha value is -3.48. The normalized spacial score (nSPS) is 11.9. The molecule has 3 aromatic rings. The summed E-state index contributed by atoms with van der Waals surface area (Å²) in [4.78, 5) is 19.5. The van der Waals surface area contributed by atoms with Gasteiger partial charge in [0.2, 0.25) is 11.9 Å². The Bertz CT molecular complexity index is 1150. The number of amides is 1. The van der Waals surface area contributed by atoms with Gasteiger partial charge < -0.3 is 5.32 Å². The number of hydrogen-bond donors (Lipinski definition) is 2. The number of halogens is 3. The predicted octanol–water partition coefficient (Wildman–Crippen LogP) is 2.44. The molecular formula is C17H15F3N6O3S. The Morgan fingerprint density at radius 3 is 2.37 bits per heavy atom. The number of anilines is 2. The fourth-order valence-electron chi connectivity index (χ4n) is 2.48. The number of nitrogens with zero attached hydrogens (tertiary/aromatic N) is 4. The van der Waals surface area contributed by atoms with Crippen molar-refractivity contribution in [3.8, 4) is 0 Å². The van der Waals surface area contributed by atoms with E-state index in [2.05, 4.69) is 25.1 Å². The molecule has 1 amide bonds. The first-order valence-corrected chi connectivity index (χ1v) is 9.84. The average molecular weight is 440 g/mol. The molecule has 0 radical (unpaired) electrons. The quantitative estimate of drug-likeness (QED) is 0.608. The maximum Gasteiger partial charge on any atom is 0.433 e. The average Bonchev–Trinajstić information content (AvgIpc) is 3.03. The second kappa shape index (κ2) is 8.10. The summed E-state index contributed by atoms with van der Waals surface area (Å²) in [7, 11) is -3.95. The van der Waals surface area contributed by atoms with Crippen LogP contribution in [-0.2, 0) is 27.5 Å². The highest BCUT2D eigenvalue weighted by Gasteiger charge is 2.35. The summed E-state index contributed by atoms with van der Waals surface area (Å²) < 4.78 is 66.3. The van der Waals surface area contributed by atoms with Crippen molar-refractivity contribution in [1.29, 1.82) is 0 Å². The number of rotatable bonds is 6. The van der Waals surface area contributed by atoms with Gasteiger partial charge in [0.25, 0.3) is 10.0 Å². The molecule has 158 valence electrons. The van der Waals surface area contributed by atoms with Crippen LogP contribution in [0.5, 0.6) is 0 Å². The summed E-state index contributed by atoms with van der Waals surface area (Å²) in [5.74, 6) is -0.861. The van der Waals surface area contributed by atoms with Gasteiger partial charge >= 0.3 is 6.18 Å². The van der Waals surface area contributed by atoms with Crippen LogP contribution >= 0.6 is 0 Å². The van der Waals surface area contributed by atoms with E-state index in [0.29, 0.717) is 4.68 Å². The number of nitrogens with one attached hydrogen (secondary N) is 2. The van der Waals surface area contributed by atoms with Crippen LogP contribution in [0.25, 0.3) is 0 Å². The zero-order valence-corrected chi connectivity index (χ0v) is 16.2. The van der Waals surface area contributed by atoms with Crippen LogP contribution in [-0.4, -0.2) is 34.1 Å². The summed E-state index contributed by atoms with van der Waals surface area (Å²) in [6.45, 7) is 0.729. The van der Waals surface area contributed by atoms with Gasteiger partial charge in [0, 0.05) is 18.1 Å². The molecule has 0 saturated heterocycles. The van der Waals surface area contributed by atoms with E-state index in [9.17, 15) is 26.4 Å². The van der Waals surface area contributed by atoms with Gasteiger partial charge in [0.1, 0.15) is 12.2 Å². The van der Waals surface area contributed by atoms with Crippen molar-refractivity contribution < 1.29 is 26.4 Å². The van der Waals surface area contributed by atoms with E-state index in [0.717, 1.165) is 6.07 Å². The summed E-state index contributed by atoms with van der Waals surface area (Å²) in [6, 6.07) is 7.42. The van der Waals surface area contributed by atoms with Crippen LogP contribution in [0.4, 0.5) is 24.8 Å². The lowest BCUT2D eigenvalue weighted by Crippen LogP contribution is -2.23. The van der Waals surface area contributed by atoms with Gasteiger partial charge in [-0.3, -0.25) is 9.48 Å². The fourth-order valence-corrected chi connectivity index (χ4v) is 3.44. The molecule has 0 atom stereocenters. The van der Waals surface area contributed by atoms with Crippen molar-refractivity contribution in [2.24, 2.45) is 0 Å². The molecule has 0 fully saturated rings. The molecule has 0 bridgehead atoms. The first-order chi connectivity index (χ1) is 14.0. The molecule has 2 N–H and O–H groups in total. The number of sulfonamides is 1. The largest absolute Gasteiger partial charge is 0.433 e. The van der Waals surface area contributed by atoms with Crippen LogP contribution in [0.1, 0.15) is 11.4 Å². The number of carbonyl (C=O) groups is 1. The molecule has 0 aliphatic rings. The highest BCUT2D eigenvalue weighted by atomic mass is 32.2. The van der Waals surface area contributed by atoms with Crippen molar-refractivity contribution in [3.63, 3.8) is 0 Å². The molecule has 0 saturated carbocycles. The molecule has 1 aromatic carbocycles. The highest BCUT2D eigenvalue weighted by Crippen LogP contribution is 2.29. The Kier molecular flexibility index (Phi) is 5.73. The summed E-state index contributed by atoms with van der Waals surface area (Å²) in [5.41, 5.74) is -0.710. The monoisotopic (exact) mass is 440 g/mol. The maximum absolute atomic E-state index is 13.0. The third-order valence-corrected chi connectivity index (χ3v) is 5.07. The smallest absolute Gasteiger partial charge is 0.324 e. The highest BCUT2D eigenvalue weighted by molar-refractivity contribution is 7.92.